The first-order valence-corrected chi connectivity index (χ1v) is 5.63. The molecule has 1 atom stereocenters. The normalized spacial score (nSPS) is 12.2. The second-order valence-electron chi connectivity index (χ2n) is 3.76. The van der Waals surface area contributed by atoms with Gasteiger partial charge in [-0.05, 0) is 25.1 Å². The molecule has 1 heterocycles. The van der Waals surface area contributed by atoms with Crippen LogP contribution in [-0.2, 0) is 0 Å². The standard InChI is InChI=1S/C12H10ClF2N3/c1-7(9-4-8(14)2-3-10(9)15)18-12-5-11(13)16-6-17-12/h2-7H,1H3,(H,16,17,18). The molecule has 0 fully saturated rings. The molecule has 1 aromatic heterocycles. The van der Waals surface area contributed by atoms with Crippen molar-refractivity contribution in [3.05, 3.63) is 52.9 Å². The summed E-state index contributed by atoms with van der Waals surface area (Å²) in [5.41, 5.74) is 0.227. The zero-order valence-corrected chi connectivity index (χ0v) is 10.2. The van der Waals surface area contributed by atoms with Crippen LogP contribution in [0.4, 0.5) is 14.6 Å². The highest BCUT2D eigenvalue weighted by molar-refractivity contribution is 6.29. The quantitative estimate of drug-likeness (QED) is 0.866. The molecule has 0 aliphatic heterocycles. The molecule has 0 saturated heterocycles. The number of benzene rings is 1. The fourth-order valence-electron chi connectivity index (χ4n) is 1.56. The Kier molecular flexibility index (Phi) is 3.72. The van der Waals surface area contributed by atoms with Crippen LogP contribution >= 0.6 is 11.6 Å². The first kappa shape index (κ1) is 12.7. The van der Waals surface area contributed by atoms with Gasteiger partial charge in [-0.15, -0.1) is 0 Å². The fraction of sp³-hybridized carbons (Fsp3) is 0.167. The second kappa shape index (κ2) is 5.27. The predicted octanol–water partition coefficient (Wildman–Crippen LogP) is 3.58. The van der Waals surface area contributed by atoms with E-state index in [4.69, 9.17) is 11.6 Å². The van der Waals surface area contributed by atoms with Crippen LogP contribution in [0.25, 0.3) is 0 Å². The number of anilines is 1. The molecular weight excluding hydrogens is 260 g/mol. The molecule has 1 aromatic carbocycles. The SMILES string of the molecule is CC(Nc1cc(Cl)ncn1)c1cc(F)ccc1F. The van der Waals surface area contributed by atoms with Gasteiger partial charge in [-0.1, -0.05) is 11.6 Å². The summed E-state index contributed by atoms with van der Waals surface area (Å²) in [6, 6.07) is 4.39. The Labute approximate surface area is 108 Å². The maximum Gasteiger partial charge on any atom is 0.134 e. The van der Waals surface area contributed by atoms with E-state index in [0.29, 0.717) is 5.82 Å². The predicted molar refractivity (Wildman–Crippen MR) is 65.4 cm³/mol. The Hall–Kier alpha value is -1.75. The van der Waals surface area contributed by atoms with Crippen molar-refractivity contribution in [1.29, 1.82) is 0 Å². The van der Waals surface area contributed by atoms with Crippen LogP contribution in [0.2, 0.25) is 5.15 Å². The minimum absolute atomic E-state index is 0.227. The summed E-state index contributed by atoms with van der Waals surface area (Å²) in [5.74, 6) is -0.511. The van der Waals surface area contributed by atoms with E-state index < -0.39 is 17.7 Å². The van der Waals surface area contributed by atoms with Gasteiger partial charge in [-0.3, -0.25) is 0 Å². The molecule has 0 saturated carbocycles. The number of hydrogen-bond donors (Lipinski definition) is 1. The van der Waals surface area contributed by atoms with Crippen molar-refractivity contribution in [2.24, 2.45) is 0 Å². The van der Waals surface area contributed by atoms with E-state index in [9.17, 15) is 8.78 Å². The highest BCUT2D eigenvalue weighted by Gasteiger charge is 2.12. The van der Waals surface area contributed by atoms with Crippen molar-refractivity contribution in [3.8, 4) is 0 Å². The zero-order valence-electron chi connectivity index (χ0n) is 9.49. The molecule has 0 aliphatic carbocycles. The maximum atomic E-state index is 13.5. The Balaban J connectivity index is 2.21. The third-order valence-electron chi connectivity index (χ3n) is 2.42. The van der Waals surface area contributed by atoms with Crippen LogP contribution in [0, 0.1) is 11.6 Å². The van der Waals surface area contributed by atoms with Gasteiger partial charge in [-0.25, -0.2) is 18.7 Å². The largest absolute Gasteiger partial charge is 0.363 e. The van der Waals surface area contributed by atoms with Crippen molar-refractivity contribution >= 4 is 17.4 Å². The third-order valence-corrected chi connectivity index (χ3v) is 2.63. The lowest BCUT2D eigenvalue weighted by Crippen LogP contribution is -2.10. The van der Waals surface area contributed by atoms with Crippen molar-refractivity contribution < 1.29 is 8.78 Å². The molecule has 6 heteroatoms. The van der Waals surface area contributed by atoms with E-state index in [1.165, 1.54) is 12.4 Å². The summed E-state index contributed by atoms with van der Waals surface area (Å²) in [7, 11) is 0. The highest BCUT2D eigenvalue weighted by Crippen LogP contribution is 2.22. The molecule has 1 unspecified atom stereocenters. The summed E-state index contributed by atoms with van der Waals surface area (Å²) < 4.78 is 26.6. The van der Waals surface area contributed by atoms with Crippen LogP contribution in [0.3, 0.4) is 0 Å². The lowest BCUT2D eigenvalue weighted by molar-refractivity contribution is 0.577. The third kappa shape index (κ3) is 2.92. The van der Waals surface area contributed by atoms with Crippen LogP contribution in [0.15, 0.2) is 30.6 Å². The summed E-state index contributed by atoms with van der Waals surface area (Å²) in [5, 5.41) is 3.20. The van der Waals surface area contributed by atoms with Crippen molar-refractivity contribution in [2.75, 3.05) is 5.32 Å². The van der Waals surface area contributed by atoms with Crippen molar-refractivity contribution in [2.45, 2.75) is 13.0 Å². The van der Waals surface area contributed by atoms with Gasteiger partial charge >= 0.3 is 0 Å². The molecule has 2 rings (SSSR count). The first-order valence-electron chi connectivity index (χ1n) is 5.25. The van der Waals surface area contributed by atoms with Gasteiger partial charge in [0.2, 0.25) is 0 Å². The smallest absolute Gasteiger partial charge is 0.134 e. The van der Waals surface area contributed by atoms with Crippen LogP contribution in [-0.4, -0.2) is 9.97 Å². The van der Waals surface area contributed by atoms with Gasteiger partial charge in [0.25, 0.3) is 0 Å². The highest BCUT2D eigenvalue weighted by atomic mass is 35.5. The van der Waals surface area contributed by atoms with Crippen LogP contribution in [0.5, 0.6) is 0 Å². The maximum absolute atomic E-state index is 13.5. The molecule has 18 heavy (non-hydrogen) atoms. The monoisotopic (exact) mass is 269 g/mol. The molecular formula is C12H10ClF2N3. The van der Waals surface area contributed by atoms with Crippen molar-refractivity contribution in [3.63, 3.8) is 0 Å². The lowest BCUT2D eigenvalue weighted by atomic mass is 10.1. The minimum Gasteiger partial charge on any atom is -0.363 e. The van der Waals surface area contributed by atoms with E-state index in [1.54, 1.807) is 6.92 Å². The Morgan fingerprint density at radius 2 is 2.00 bits per heavy atom. The van der Waals surface area contributed by atoms with Gasteiger partial charge in [0, 0.05) is 11.6 Å². The molecule has 0 aliphatic rings. The lowest BCUT2D eigenvalue weighted by Gasteiger charge is -2.15. The van der Waals surface area contributed by atoms with Gasteiger partial charge in [0.15, 0.2) is 0 Å². The minimum atomic E-state index is -0.485. The Bertz CT molecular complexity index is 563. The molecule has 2 aromatic rings. The van der Waals surface area contributed by atoms with Gasteiger partial charge in [0.1, 0.15) is 28.9 Å². The van der Waals surface area contributed by atoms with E-state index in [-0.39, 0.29) is 10.7 Å². The molecule has 3 nitrogen and oxygen atoms in total. The topological polar surface area (TPSA) is 37.8 Å². The van der Waals surface area contributed by atoms with E-state index in [2.05, 4.69) is 15.3 Å². The second-order valence-corrected chi connectivity index (χ2v) is 4.15. The number of halogens is 3. The summed E-state index contributed by atoms with van der Waals surface area (Å²) in [6.45, 7) is 1.70. The molecule has 94 valence electrons. The van der Waals surface area contributed by atoms with E-state index >= 15 is 0 Å². The summed E-state index contributed by atoms with van der Waals surface area (Å²) in [4.78, 5) is 7.67. The Morgan fingerprint density at radius 3 is 2.72 bits per heavy atom. The molecule has 1 N–H and O–H groups in total. The van der Waals surface area contributed by atoms with Crippen molar-refractivity contribution in [1.82, 2.24) is 9.97 Å². The Morgan fingerprint density at radius 1 is 1.22 bits per heavy atom. The average molecular weight is 270 g/mol. The van der Waals surface area contributed by atoms with Gasteiger partial charge in [-0.2, -0.15) is 0 Å². The fourth-order valence-corrected chi connectivity index (χ4v) is 1.71. The van der Waals surface area contributed by atoms with Crippen LogP contribution in [0.1, 0.15) is 18.5 Å². The van der Waals surface area contributed by atoms with E-state index in [0.717, 1.165) is 18.2 Å². The number of nitrogens with one attached hydrogen (secondary N) is 1. The summed E-state index contributed by atoms with van der Waals surface area (Å²) in [6.07, 6.45) is 1.29. The number of aromatic nitrogens is 2. The number of rotatable bonds is 3. The number of nitrogens with zero attached hydrogens (tertiary/aromatic N) is 2. The average Bonchev–Trinajstić information content (AvgIpc) is 2.32. The molecule has 0 bridgehead atoms. The molecule has 0 spiro atoms. The van der Waals surface area contributed by atoms with Crippen LogP contribution < -0.4 is 5.32 Å². The van der Waals surface area contributed by atoms with Gasteiger partial charge in [0.05, 0.1) is 6.04 Å². The summed E-state index contributed by atoms with van der Waals surface area (Å²) >= 11 is 5.71. The number of hydrogen-bond acceptors (Lipinski definition) is 3. The first-order chi connectivity index (χ1) is 8.56. The van der Waals surface area contributed by atoms with Gasteiger partial charge < -0.3 is 5.32 Å². The van der Waals surface area contributed by atoms with E-state index in [1.807, 2.05) is 0 Å². The molecule has 0 amide bonds. The zero-order chi connectivity index (χ0) is 13.1. The molecule has 0 radical (unpaired) electrons.